The second-order valence-electron chi connectivity index (χ2n) is 7.15. The van der Waals surface area contributed by atoms with Gasteiger partial charge in [0, 0.05) is 32.1 Å². The molecular formula is C21H32IN3O. The number of aliphatic imine (C=N–C) groups is 1. The third-order valence-electron chi connectivity index (χ3n) is 5.30. The molecule has 3 rings (SSSR count). The average molecular weight is 469 g/mol. The predicted molar refractivity (Wildman–Crippen MR) is 120 cm³/mol. The van der Waals surface area contributed by atoms with Crippen molar-refractivity contribution in [2.75, 3.05) is 26.2 Å². The molecule has 4 nitrogen and oxygen atoms in total. The molecule has 1 aliphatic carbocycles. The maximum absolute atomic E-state index is 10.0. The molecule has 0 spiro atoms. The molecule has 1 aliphatic heterocycles. The molecule has 2 N–H and O–H groups in total. The van der Waals surface area contributed by atoms with Crippen LogP contribution in [0.5, 0.6) is 0 Å². The Labute approximate surface area is 174 Å². The van der Waals surface area contributed by atoms with E-state index in [9.17, 15) is 5.11 Å². The number of nitrogens with zero attached hydrogens (tertiary/aromatic N) is 2. The summed E-state index contributed by atoms with van der Waals surface area (Å²) in [7, 11) is 0. The number of aliphatic hydroxyl groups excluding tert-OH is 1. The molecule has 2 atom stereocenters. The van der Waals surface area contributed by atoms with Crippen LogP contribution in [0.2, 0.25) is 0 Å². The van der Waals surface area contributed by atoms with Crippen molar-refractivity contribution in [2.45, 2.75) is 45.1 Å². The number of aliphatic hydroxyl groups is 1. The summed E-state index contributed by atoms with van der Waals surface area (Å²) in [6.07, 6.45) is 7.53. The second kappa shape index (κ2) is 10.9. The van der Waals surface area contributed by atoms with Crippen molar-refractivity contribution in [2.24, 2.45) is 10.9 Å². The molecule has 144 valence electrons. The zero-order valence-corrected chi connectivity index (χ0v) is 18.1. The van der Waals surface area contributed by atoms with E-state index in [1.54, 1.807) is 0 Å². The van der Waals surface area contributed by atoms with Crippen LogP contribution in [0.25, 0.3) is 6.08 Å². The first-order valence-corrected chi connectivity index (χ1v) is 9.72. The number of rotatable bonds is 4. The monoisotopic (exact) mass is 469 g/mol. The summed E-state index contributed by atoms with van der Waals surface area (Å²) < 4.78 is 0. The molecule has 5 heteroatoms. The molecule has 1 aromatic rings. The summed E-state index contributed by atoms with van der Waals surface area (Å²) in [4.78, 5) is 7.20. The van der Waals surface area contributed by atoms with Crippen LogP contribution in [-0.4, -0.2) is 48.2 Å². The van der Waals surface area contributed by atoms with Crippen molar-refractivity contribution >= 4 is 36.0 Å². The lowest BCUT2D eigenvalue weighted by molar-refractivity contribution is 0.136. The highest BCUT2D eigenvalue weighted by atomic mass is 127. The number of benzene rings is 1. The maximum Gasteiger partial charge on any atom is 0.193 e. The van der Waals surface area contributed by atoms with E-state index >= 15 is 0 Å². The van der Waals surface area contributed by atoms with E-state index in [-0.39, 0.29) is 30.1 Å². The van der Waals surface area contributed by atoms with Crippen molar-refractivity contribution in [3.63, 3.8) is 0 Å². The van der Waals surface area contributed by atoms with Crippen LogP contribution in [0.3, 0.4) is 0 Å². The standard InChI is InChI=1S/C21H31N3O.HI/c1-2-22-21(23-16-19-9-6-10-20(19)25)24-13-11-18(12-14-24)15-17-7-4-3-5-8-17;/h3-5,7-8,15,19-20,25H,2,6,9-14,16H2,1H3,(H,22,23);1H. The lowest BCUT2D eigenvalue weighted by Gasteiger charge is -2.32. The minimum atomic E-state index is -0.159. The Balaban J connectivity index is 0.00000243. The lowest BCUT2D eigenvalue weighted by Crippen LogP contribution is -2.44. The van der Waals surface area contributed by atoms with E-state index in [1.165, 1.54) is 11.1 Å². The molecule has 26 heavy (non-hydrogen) atoms. The van der Waals surface area contributed by atoms with Gasteiger partial charge in [0.15, 0.2) is 5.96 Å². The number of likely N-dealkylation sites (tertiary alicyclic amines) is 1. The van der Waals surface area contributed by atoms with E-state index in [4.69, 9.17) is 4.99 Å². The fourth-order valence-electron chi connectivity index (χ4n) is 3.79. The van der Waals surface area contributed by atoms with Gasteiger partial charge in [0.25, 0.3) is 0 Å². The van der Waals surface area contributed by atoms with Crippen LogP contribution in [0.4, 0.5) is 0 Å². The fourth-order valence-corrected chi connectivity index (χ4v) is 3.79. The molecule has 0 bridgehead atoms. The topological polar surface area (TPSA) is 47.9 Å². The Morgan fingerprint density at radius 1 is 1.23 bits per heavy atom. The Kier molecular flexibility index (Phi) is 8.91. The van der Waals surface area contributed by atoms with Gasteiger partial charge in [-0.15, -0.1) is 24.0 Å². The molecular weight excluding hydrogens is 437 g/mol. The van der Waals surface area contributed by atoms with Gasteiger partial charge in [-0.3, -0.25) is 4.99 Å². The van der Waals surface area contributed by atoms with Crippen LogP contribution in [0.15, 0.2) is 40.9 Å². The molecule has 2 unspecified atom stereocenters. The van der Waals surface area contributed by atoms with Crippen molar-refractivity contribution < 1.29 is 5.11 Å². The SMILES string of the molecule is CCNC(=NCC1CCCC1O)N1CCC(=Cc2ccccc2)CC1.I. The number of hydrogen-bond donors (Lipinski definition) is 2. The van der Waals surface area contributed by atoms with Gasteiger partial charge in [-0.05, 0) is 38.2 Å². The number of piperidine rings is 1. The van der Waals surface area contributed by atoms with Crippen LogP contribution in [0.1, 0.15) is 44.6 Å². The van der Waals surface area contributed by atoms with Gasteiger partial charge in [0.2, 0.25) is 0 Å². The van der Waals surface area contributed by atoms with Gasteiger partial charge >= 0.3 is 0 Å². The third-order valence-corrected chi connectivity index (χ3v) is 5.30. The Bertz CT molecular complexity index is 593. The highest BCUT2D eigenvalue weighted by Gasteiger charge is 2.25. The van der Waals surface area contributed by atoms with E-state index in [0.29, 0.717) is 5.92 Å². The Hall–Kier alpha value is -1.08. The highest BCUT2D eigenvalue weighted by molar-refractivity contribution is 14.0. The zero-order chi connectivity index (χ0) is 17.5. The first-order chi connectivity index (χ1) is 12.3. The van der Waals surface area contributed by atoms with Gasteiger partial charge in [-0.2, -0.15) is 0 Å². The van der Waals surface area contributed by atoms with Gasteiger partial charge in [0.1, 0.15) is 0 Å². The van der Waals surface area contributed by atoms with Gasteiger partial charge in [0.05, 0.1) is 6.10 Å². The van der Waals surface area contributed by atoms with Crippen molar-refractivity contribution in [3.8, 4) is 0 Å². The molecule has 0 aromatic heterocycles. The largest absolute Gasteiger partial charge is 0.393 e. The molecule has 0 radical (unpaired) electrons. The Morgan fingerprint density at radius 3 is 2.58 bits per heavy atom. The summed E-state index contributed by atoms with van der Waals surface area (Å²) in [6, 6.07) is 10.6. The summed E-state index contributed by atoms with van der Waals surface area (Å²) in [5.74, 6) is 1.35. The highest BCUT2D eigenvalue weighted by Crippen LogP contribution is 2.26. The van der Waals surface area contributed by atoms with Crippen molar-refractivity contribution in [1.29, 1.82) is 0 Å². The third kappa shape index (κ3) is 5.98. The summed E-state index contributed by atoms with van der Waals surface area (Å²) >= 11 is 0. The lowest BCUT2D eigenvalue weighted by atomic mass is 10.0. The zero-order valence-electron chi connectivity index (χ0n) is 15.7. The minimum absolute atomic E-state index is 0. The van der Waals surface area contributed by atoms with Crippen molar-refractivity contribution in [3.05, 3.63) is 41.5 Å². The minimum Gasteiger partial charge on any atom is -0.393 e. The van der Waals surface area contributed by atoms with Gasteiger partial charge < -0.3 is 15.3 Å². The first kappa shape index (κ1) is 21.2. The molecule has 2 fully saturated rings. The van der Waals surface area contributed by atoms with Crippen LogP contribution in [-0.2, 0) is 0 Å². The van der Waals surface area contributed by atoms with Crippen LogP contribution >= 0.6 is 24.0 Å². The summed E-state index contributed by atoms with van der Waals surface area (Å²) in [5.41, 5.74) is 2.81. The molecule has 1 heterocycles. The van der Waals surface area contributed by atoms with Gasteiger partial charge in [-0.25, -0.2) is 0 Å². The van der Waals surface area contributed by atoms with Gasteiger partial charge in [-0.1, -0.05) is 48.4 Å². The predicted octanol–water partition coefficient (Wildman–Crippen LogP) is 3.91. The number of hydrogen-bond acceptors (Lipinski definition) is 2. The quantitative estimate of drug-likeness (QED) is 0.400. The smallest absolute Gasteiger partial charge is 0.193 e. The van der Waals surface area contributed by atoms with Crippen LogP contribution in [0, 0.1) is 5.92 Å². The fraction of sp³-hybridized carbons (Fsp3) is 0.571. The van der Waals surface area contributed by atoms with E-state index < -0.39 is 0 Å². The number of guanidine groups is 1. The first-order valence-electron chi connectivity index (χ1n) is 9.72. The normalized spacial score (nSPS) is 23.5. The molecule has 0 amide bonds. The number of halogens is 1. The molecule has 1 aromatic carbocycles. The van der Waals surface area contributed by atoms with Crippen LogP contribution < -0.4 is 5.32 Å². The second-order valence-corrected chi connectivity index (χ2v) is 7.15. The summed E-state index contributed by atoms with van der Waals surface area (Å²) in [5, 5.41) is 13.4. The van der Waals surface area contributed by atoms with E-state index in [0.717, 1.165) is 64.2 Å². The number of nitrogens with one attached hydrogen (secondary N) is 1. The van der Waals surface area contributed by atoms with Crippen molar-refractivity contribution in [1.82, 2.24) is 10.2 Å². The average Bonchev–Trinajstić information content (AvgIpc) is 3.05. The molecule has 2 aliphatic rings. The van der Waals surface area contributed by atoms with E-state index in [1.807, 2.05) is 0 Å². The molecule has 1 saturated carbocycles. The summed E-state index contributed by atoms with van der Waals surface area (Å²) in [6.45, 7) is 5.77. The maximum atomic E-state index is 10.0. The van der Waals surface area contributed by atoms with E-state index in [2.05, 4.69) is 53.5 Å². The molecule has 1 saturated heterocycles. The Morgan fingerprint density at radius 2 is 1.96 bits per heavy atom.